The van der Waals surface area contributed by atoms with Crippen LogP contribution in [0, 0.1) is 5.82 Å². The number of carbonyl (C=O) groups is 2. The number of morpholine rings is 1. The van der Waals surface area contributed by atoms with E-state index >= 15 is 0 Å². The number of hydrogen-bond acceptors (Lipinski definition) is 6. The van der Waals surface area contributed by atoms with Gasteiger partial charge in [-0.2, -0.15) is 0 Å². The van der Waals surface area contributed by atoms with Crippen molar-refractivity contribution in [2.24, 2.45) is 0 Å². The number of hydrogen-bond donors (Lipinski definition) is 1. The average molecular weight is 435 g/mol. The molecular weight excluding hydrogens is 407 g/mol. The predicted molar refractivity (Wildman–Crippen MR) is 115 cm³/mol. The minimum atomic E-state index is -0.510. The van der Waals surface area contributed by atoms with E-state index in [4.69, 9.17) is 9.47 Å². The van der Waals surface area contributed by atoms with Crippen LogP contribution in [0.25, 0.3) is 11.1 Å². The van der Waals surface area contributed by atoms with Crippen LogP contribution >= 0.6 is 11.3 Å². The number of amides is 1. The van der Waals surface area contributed by atoms with Crippen LogP contribution in [0.3, 0.4) is 0 Å². The number of rotatable bonds is 7. The second-order valence-corrected chi connectivity index (χ2v) is 8.28. The van der Waals surface area contributed by atoms with Crippen molar-refractivity contribution in [1.29, 1.82) is 0 Å². The maximum absolute atomic E-state index is 13.3. The van der Waals surface area contributed by atoms with Crippen LogP contribution in [0.4, 0.5) is 9.39 Å². The van der Waals surface area contributed by atoms with Crippen LogP contribution in [0.2, 0.25) is 0 Å². The second kappa shape index (κ2) is 10.1. The predicted octanol–water partition coefficient (Wildman–Crippen LogP) is 4.17. The third kappa shape index (κ3) is 5.65. The van der Waals surface area contributed by atoms with Gasteiger partial charge in [-0.25, -0.2) is 9.18 Å². The Morgan fingerprint density at radius 3 is 2.53 bits per heavy atom. The Morgan fingerprint density at radius 1 is 1.23 bits per heavy atom. The number of thiophene rings is 1. The molecule has 0 aliphatic carbocycles. The molecule has 0 saturated carbocycles. The van der Waals surface area contributed by atoms with Gasteiger partial charge in [0.1, 0.15) is 16.4 Å². The van der Waals surface area contributed by atoms with Crippen molar-refractivity contribution < 1.29 is 23.5 Å². The zero-order valence-corrected chi connectivity index (χ0v) is 18.3. The molecule has 1 aliphatic rings. The van der Waals surface area contributed by atoms with Gasteiger partial charge in [0.25, 0.3) is 0 Å². The van der Waals surface area contributed by atoms with Crippen LogP contribution in [-0.4, -0.2) is 55.2 Å². The summed E-state index contributed by atoms with van der Waals surface area (Å²) in [6.45, 7) is 8.20. The van der Waals surface area contributed by atoms with E-state index in [1.807, 2.05) is 13.8 Å². The molecule has 162 valence electrons. The van der Waals surface area contributed by atoms with Crippen molar-refractivity contribution in [3.63, 3.8) is 0 Å². The standard InChI is InChI=1S/C22H27FN2O4S/c1-4-28-22(27)20-18(16-5-7-17(23)8-6-16)13-30-21(20)24-19(26)9-10-25-11-14(2)29-15(3)12-25/h5-8,13-15H,4,9-12H2,1-3H3,(H,24,26)/t14-,15-/m0/s1. The maximum Gasteiger partial charge on any atom is 0.341 e. The molecule has 1 amide bonds. The normalized spacial score (nSPS) is 19.5. The van der Waals surface area contributed by atoms with Gasteiger partial charge < -0.3 is 14.8 Å². The first kappa shape index (κ1) is 22.4. The molecule has 0 bridgehead atoms. The number of anilines is 1. The summed E-state index contributed by atoms with van der Waals surface area (Å²) in [5.41, 5.74) is 1.60. The molecule has 1 aliphatic heterocycles. The Kier molecular flexibility index (Phi) is 7.58. The molecule has 2 aromatic rings. The first-order valence-corrected chi connectivity index (χ1v) is 11.0. The molecule has 0 spiro atoms. The minimum absolute atomic E-state index is 0.141. The molecule has 1 N–H and O–H groups in total. The van der Waals surface area contributed by atoms with Crippen molar-refractivity contribution in [2.45, 2.75) is 39.4 Å². The number of nitrogens with zero attached hydrogens (tertiary/aromatic N) is 1. The van der Waals surface area contributed by atoms with E-state index in [0.29, 0.717) is 34.7 Å². The van der Waals surface area contributed by atoms with Crippen LogP contribution in [0.1, 0.15) is 37.6 Å². The van der Waals surface area contributed by atoms with E-state index in [9.17, 15) is 14.0 Å². The summed E-state index contributed by atoms with van der Waals surface area (Å²) in [5.74, 6) is -1.03. The number of nitrogens with one attached hydrogen (secondary N) is 1. The molecule has 0 unspecified atom stereocenters. The highest BCUT2D eigenvalue weighted by Gasteiger charge is 2.25. The Bertz CT molecular complexity index is 874. The fraction of sp³-hybridized carbons (Fsp3) is 0.455. The van der Waals surface area contributed by atoms with Gasteiger partial charge in [0.2, 0.25) is 5.91 Å². The van der Waals surface area contributed by atoms with Crippen molar-refractivity contribution >= 4 is 28.2 Å². The van der Waals surface area contributed by atoms with E-state index in [1.165, 1.54) is 23.5 Å². The van der Waals surface area contributed by atoms with E-state index in [-0.39, 0.29) is 30.5 Å². The largest absolute Gasteiger partial charge is 0.462 e. The highest BCUT2D eigenvalue weighted by atomic mass is 32.1. The second-order valence-electron chi connectivity index (χ2n) is 7.40. The fourth-order valence-corrected chi connectivity index (χ4v) is 4.59. The van der Waals surface area contributed by atoms with Gasteiger partial charge in [-0.1, -0.05) is 12.1 Å². The molecule has 1 saturated heterocycles. The number of ether oxygens (including phenoxy) is 2. The monoisotopic (exact) mass is 434 g/mol. The molecule has 1 aromatic carbocycles. The summed E-state index contributed by atoms with van der Waals surface area (Å²) >= 11 is 1.26. The highest BCUT2D eigenvalue weighted by Crippen LogP contribution is 2.36. The van der Waals surface area contributed by atoms with E-state index in [1.54, 1.807) is 24.4 Å². The number of carbonyl (C=O) groups excluding carboxylic acids is 2. The lowest BCUT2D eigenvalue weighted by molar-refractivity contribution is -0.117. The molecule has 2 atom stereocenters. The van der Waals surface area contributed by atoms with Crippen molar-refractivity contribution in [1.82, 2.24) is 4.90 Å². The summed E-state index contributed by atoms with van der Waals surface area (Å²) in [6.07, 6.45) is 0.594. The van der Waals surface area contributed by atoms with Crippen molar-refractivity contribution in [3.05, 3.63) is 41.0 Å². The van der Waals surface area contributed by atoms with Gasteiger partial charge in [0.15, 0.2) is 0 Å². The van der Waals surface area contributed by atoms with E-state index in [0.717, 1.165) is 13.1 Å². The van der Waals surface area contributed by atoms with Gasteiger partial charge >= 0.3 is 5.97 Å². The lowest BCUT2D eigenvalue weighted by Crippen LogP contribution is -2.46. The van der Waals surface area contributed by atoms with Crippen LogP contribution < -0.4 is 5.32 Å². The molecule has 8 heteroatoms. The Morgan fingerprint density at radius 2 is 1.90 bits per heavy atom. The van der Waals surface area contributed by atoms with Gasteiger partial charge in [-0.3, -0.25) is 9.69 Å². The fourth-order valence-electron chi connectivity index (χ4n) is 3.61. The summed E-state index contributed by atoms with van der Waals surface area (Å²) in [5, 5.41) is 5.08. The summed E-state index contributed by atoms with van der Waals surface area (Å²) in [6, 6.07) is 5.88. The van der Waals surface area contributed by atoms with E-state index in [2.05, 4.69) is 10.2 Å². The first-order valence-electron chi connectivity index (χ1n) is 10.1. The number of benzene rings is 1. The molecule has 1 aromatic heterocycles. The average Bonchev–Trinajstić information content (AvgIpc) is 3.10. The third-order valence-corrected chi connectivity index (χ3v) is 5.72. The third-order valence-electron chi connectivity index (χ3n) is 4.83. The molecule has 6 nitrogen and oxygen atoms in total. The highest BCUT2D eigenvalue weighted by molar-refractivity contribution is 7.15. The van der Waals surface area contributed by atoms with E-state index < -0.39 is 5.97 Å². The molecule has 30 heavy (non-hydrogen) atoms. The minimum Gasteiger partial charge on any atom is -0.462 e. The Labute approximate surface area is 180 Å². The van der Waals surface area contributed by atoms with Gasteiger partial charge in [0, 0.05) is 37.0 Å². The maximum atomic E-state index is 13.3. The Balaban J connectivity index is 1.72. The van der Waals surface area contributed by atoms with Crippen LogP contribution in [0.5, 0.6) is 0 Å². The zero-order chi connectivity index (χ0) is 21.7. The smallest absolute Gasteiger partial charge is 0.341 e. The molecule has 0 radical (unpaired) electrons. The lowest BCUT2D eigenvalue weighted by atomic mass is 10.0. The van der Waals surface area contributed by atoms with Crippen LogP contribution in [-0.2, 0) is 14.3 Å². The topological polar surface area (TPSA) is 67.9 Å². The first-order chi connectivity index (χ1) is 14.4. The van der Waals surface area contributed by atoms with Crippen molar-refractivity contribution in [3.8, 4) is 11.1 Å². The summed E-state index contributed by atoms with van der Waals surface area (Å²) in [7, 11) is 0. The van der Waals surface area contributed by atoms with Gasteiger partial charge in [0.05, 0.1) is 18.8 Å². The SMILES string of the molecule is CCOC(=O)c1c(-c2ccc(F)cc2)csc1NC(=O)CCN1C[C@H](C)O[C@@H](C)C1. The quantitative estimate of drug-likeness (QED) is 0.663. The van der Waals surface area contributed by atoms with Crippen LogP contribution in [0.15, 0.2) is 29.6 Å². The lowest BCUT2D eigenvalue weighted by Gasteiger charge is -2.35. The molecule has 1 fully saturated rings. The molecule has 2 heterocycles. The van der Waals surface area contributed by atoms with Gasteiger partial charge in [-0.15, -0.1) is 11.3 Å². The molecular formula is C22H27FN2O4S. The summed E-state index contributed by atoms with van der Waals surface area (Å²) < 4.78 is 24.2. The Hall–Kier alpha value is -2.29. The molecule has 3 rings (SSSR count). The van der Waals surface area contributed by atoms with Crippen molar-refractivity contribution in [2.75, 3.05) is 31.6 Å². The van der Waals surface area contributed by atoms with Gasteiger partial charge in [-0.05, 0) is 38.5 Å². The zero-order valence-electron chi connectivity index (χ0n) is 17.4. The number of halogens is 1. The number of esters is 1. The summed E-state index contributed by atoms with van der Waals surface area (Å²) in [4.78, 5) is 27.4.